The second-order valence-corrected chi connectivity index (χ2v) is 6.01. The Morgan fingerprint density at radius 2 is 1.95 bits per heavy atom. The van der Waals surface area contributed by atoms with Gasteiger partial charge >= 0.3 is 0 Å². The van der Waals surface area contributed by atoms with E-state index in [4.69, 9.17) is 17.3 Å². The molecule has 0 heterocycles. The van der Waals surface area contributed by atoms with Crippen LogP contribution >= 0.6 is 23.4 Å². The van der Waals surface area contributed by atoms with Gasteiger partial charge in [0.15, 0.2) is 0 Å². The van der Waals surface area contributed by atoms with E-state index >= 15 is 0 Å². The molecule has 0 aliphatic rings. The molecular formula is C16H18ClNS. The summed E-state index contributed by atoms with van der Waals surface area (Å²) in [6.45, 7) is 2.77. The fourth-order valence-electron chi connectivity index (χ4n) is 1.95. The molecule has 100 valence electrons. The van der Waals surface area contributed by atoms with Crippen LogP contribution in [0.15, 0.2) is 47.4 Å². The molecule has 2 N–H and O–H groups in total. The molecule has 0 atom stereocenters. The first kappa shape index (κ1) is 14.4. The van der Waals surface area contributed by atoms with Gasteiger partial charge in [0, 0.05) is 10.6 Å². The number of nitrogens with two attached hydrogens (primary N) is 1. The van der Waals surface area contributed by atoms with Gasteiger partial charge in [0.1, 0.15) is 0 Å². The van der Waals surface area contributed by atoms with Crippen molar-refractivity contribution in [3.63, 3.8) is 0 Å². The van der Waals surface area contributed by atoms with Gasteiger partial charge in [-0.25, -0.2) is 0 Å². The third-order valence-corrected chi connectivity index (χ3v) is 4.48. The van der Waals surface area contributed by atoms with Crippen molar-refractivity contribution in [2.45, 2.75) is 24.0 Å². The van der Waals surface area contributed by atoms with Crippen molar-refractivity contribution in [3.8, 4) is 0 Å². The summed E-state index contributed by atoms with van der Waals surface area (Å²) in [6, 6.07) is 14.8. The highest BCUT2D eigenvalue weighted by atomic mass is 35.5. The zero-order valence-corrected chi connectivity index (χ0v) is 12.6. The minimum absolute atomic E-state index is 0.659. The molecule has 2 rings (SSSR count). The summed E-state index contributed by atoms with van der Waals surface area (Å²) in [5.41, 5.74) is 9.37. The van der Waals surface area contributed by atoms with Crippen molar-refractivity contribution < 1.29 is 0 Å². The molecule has 0 saturated carbocycles. The Morgan fingerprint density at radius 1 is 1.11 bits per heavy atom. The van der Waals surface area contributed by atoms with E-state index in [1.165, 1.54) is 16.7 Å². The summed E-state index contributed by atoms with van der Waals surface area (Å²) < 4.78 is 0. The lowest BCUT2D eigenvalue weighted by molar-refractivity contribution is 0.966. The van der Waals surface area contributed by atoms with Crippen LogP contribution in [0, 0.1) is 6.92 Å². The molecule has 0 radical (unpaired) electrons. The van der Waals surface area contributed by atoms with E-state index in [-0.39, 0.29) is 0 Å². The molecule has 0 amide bonds. The second-order valence-electron chi connectivity index (χ2n) is 4.58. The number of aryl methyl sites for hydroxylation is 1. The largest absolute Gasteiger partial charge is 0.330 e. The lowest BCUT2D eigenvalue weighted by atomic mass is 10.1. The lowest BCUT2D eigenvalue weighted by Gasteiger charge is -2.07. The molecule has 0 bridgehead atoms. The average molecular weight is 292 g/mol. The van der Waals surface area contributed by atoms with E-state index in [1.54, 1.807) is 11.8 Å². The van der Waals surface area contributed by atoms with Gasteiger partial charge in [-0.3, -0.25) is 0 Å². The first-order valence-corrected chi connectivity index (χ1v) is 7.72. The first-order chi connectivity index (χ1) is 9.19. The molecule has 2 aromatic carbocycles. The van der Waals surface area contributed by atoms with Crippen molar-refractivity contribution in [1.29, 1.82) is 0 Å². The molecule has 0 aromatic heterocycles. The molecule has 0 saturated heterocycles. The van der Waals surface area contributed by atoms with E-state index in [0.29, 0.717) is 6.54 Å². The highest BCUT2D eigenvalue weighted by Crippen LogP contribution is 2.30. The number of hydrogen-bond donors (Lipinski definition) is 1. The maximum Gasteiger partial charge on any atom is 0.0544 e. The van der Waals surface area contributed by atoms with Gasteiger partial charge in [0.25, 0.3) is 0 Å². The van der Waals surface area contributed by atoms with E-state index in [9.17, 15) is 0 Å². The van der Waals surface area contributed by atoms with Gasteiger partial charge < -0.3 is 5.73 Å². The lowest BCUT2D eigenvalue weighted by Crippen LogP contribution is -2.02. The van der Waals surface area contributed by atoms with Crippen molar-refractivity contribution >= 4 is 23.4 Å². The molecule has 0 spiro atoms. The number of hydrogen-bond acceptors (Lipinski definition) is 2. The van der Waals surface area contributed by atoms with Crippen LogP contribution in [0.25, 0.3) is 0 Å². The maximum atomic E-state index is 6.30. The minimum Gasteiger partial charge on any atom is -0.330 e. The molecule has 19 heavy (non-hydrogen) atoms. The summed E-state index contributed by atoms with van der Waals surface area (Å²) in [5, 5.41) is 0.823. The quantitative estimate of drug-likeness (QED) is 0.824. The fraction of sp³-hybridized carbons (Fsp3) is 0.250. The number of halogens is 1. The van der Waals surface area contributed by atoms with Gasteiger partial charge in [-0.15, -0.1) is 11.8 Å². The van der Waals surface area contributed by atoms with Crippen LogP contribution in [0.4, 0.5) is 0 Å². The van der Waals surface area contributed by atoms with Crippen LogP contribution in [0.5, 0.6) is 0 Å². The van der Waals surface area contributed by atoms with E-state index in [1.807, 2.05) is 6.07 Å². The third kappa shape index (κ3) is 4.27. The molecule has 2 aromatic rings. The summed E-state index contributed by atoms with van der Waals surface area (Å²) in [4.78, 5) is 1.13. The van der Waals surface area contributed by atoms with Crippen molar-refractivity contribution in [1.82, 2.24) is 0 Å². The summed E-state index contributed by atoms with van der Waals surface area (Å²) in [7, 11) is 0. The standard InChI is InChI=1S/C16H18ClNS/c1-12-3-2-4-14(9-12)11-19-16-6-5-13(7-8-18)10-15(16)17/h2-6,9-10H,7-8,11,18H2,1H3. The topological polar surface area (TPSA) is 26.0 Å². The fourth-order valence-corrected chi connectivity index (χ4v) is 3.18. The molecular weight excluding hydrogens is 274 g/mol. The average Bonchev–Trinajstić information content (AvgIpc) is 2.38. The third-order valence-electron chi connectivity index (χ3n) is 2.91. The highest BCUT2D eigenvalue weighted by Gasteiger charge is 2.03. The van der Waals surface area contributed by atoms with Gasteiger partial charge in [-0.1, -0.05) is 47.5 Å². The monoisotopic (exact) mass is 291 g/mol. The number of thioether (sulfide) groups is 1. The Labute approximate surface area is 124 Å². The van der Waals surface area contributed by atoms with Crippen LogP contribution in [0.3, 0.4) is 0 Å². The van der Waals surface area contributed by atoms with Gasteiger partial charge in [-0.2, -0.15) is 0 Å². The summed E-state index contributed by atoms with van der Waals surface area (Å²) in [6.07, 6.45) is 0.878. The number of rotatable bonds is 5. The van der Waals surface area contributed by atoms with Gasteiger partial charge in [0.05, 0.1) is 5.02 Å². The SMILES string of the molecule is Cc1cccc(CSc2ccc(CCN)cc2Cl)c1. The Hall–Kier alpha value is -0.960. The van der Waals surface area contributed by atoms with E-state index in [2.05, 4.69) is 43.3 Å². The highest BCUT2D eigenvalue weighted by molar-refractivity contribution is 7.98. The predicted octanol–water partition coefficient (Wildman–Crippen LogP) is 4.44. The first-order valence-electron chi connectivity index (χ1n) is 6.36. The van der Waals surface area contributed by atoms with Crippen molar-refractivity contribution in [3.05, 3.63) is 64.2 Å². The van der Waals surface area contributed by atoms with E-state index < -0.39 is 0 Å². The maximum absolute atomic E-state index is 6.30. The smallest absolute Gasteiger partial charge is 0.0544 e. The molecule has 0 aliphatic heterocycles. The minimum atomic E-state index is 0.659. The molecule has 0 unspecified atom stereocenters. The zero-order chi connectivity index (χ0) is 13.7. The van der Waals surface area contributed by atoms with Gasteiger partial charge in [-0.05, 0) is 43.1 Å². The predicted molar refractivity (Wildman–Crippen MR) is 85.0 cm³/mol. The van der Waals surface area contributed by atoms with E-state index in [0.717, 1.165) is 22.1 Å². The van der Waals surface area contributed by atoms with Crippen LogP contribution in [-0.4, -0.2) is 6.54 Å². The Morgan fingerprint density at radius 3 is 2.63 bits per heavy atom. The second kappa shape index (κ2) is 6.99. The Bertz CT molecular complexity index is 554. The van der Waals surface area contributed by atoms with Crippen LogP contribution in [0.2, 0.25) is 5.02 Å². The number of benzene rings is 2. The Kier molecular flexibility index (Phi) is 5.32. The normalized spacial score (nSPS) is 10.7. The molecule has 0 fully saturated rings. The summed E-state index contributed by atoms with van der Waals surface area (Å²) in [5.74, 6) is 0.942. The summed E-state index contributed by atoms with van der Waals surface area (Å²) >= 11 is 8.07. The molecule has 3 heteroatoms. The van der Waals surface area contributed by atoms with Gasteiger partial charge in [0.2, 0.25) is 0 Å². The van der Waals surface area contributed by atoms with Crippen LogP contribution in [0.1, 0.15) is 16.7 Å². The zero-order valence-electron chi connectivity index (χ0n) is 11.0. The molecule has 0 aliphatic carbocycles. The van der Waals surface area contributed by atoms with Crippen LogP contribution in [-0.2, 0) is 12.2 Å². The molecule has 1 nitrogen and oxygen atoms in total. The van der Waals surface area contributed by atoms with Crippen molar-refractivity contribution in [2.24, 2.45) is 5.73 Å². The van der Waals surface area contributed by atoms with Crippen molar-refractivity contribution in [2.75, 3.05) is 6.54 Å². The van der Waals surface area contributed by atoms with Crippen LogP contribution < -0.4 is 5.73 Å². The Balaban J connectivity index is 2.03.